The Bertz CT molecular complexity index is 594. The second kappa shape index (κ2) is 7.89. The van der Waals surface area contributed by atoms with E-state index in [-0.39, 0.29) is 0 Å². The summed E-state index contributed by atoms with van der Waals surface area (Å²) in [4.78, 5) is 0. The molecule has 0 amide bonds. The van der Waals surface area contributed by atoms with Crippen LogP contribution >= 0.6 is 0 Å². The Morgan fingerprint density at radius 2 is 1.64 bits per heavy atom. The predicted molar refractivity (Wildman–Crippen MR) is 98.2 cm³/mol. The van der Waals surface area contributed by atoms with Crippen molar-refractivity contribution in [2.75, 3.05) is 20.3 Å². The molecule has 1 aliphatic rings. The third kappa shape index (κ3) is 4.43. The molecule has 1 aliphatic heterocycles. The number of benzene rings is 1. The summed E-state index contributed by atoms with van der Waals surface area (Å²) in [5.41, 5.74) is -0.259. The Hall–Kier alpha value is -1.37. The summed E-state index contributed by atoms with van der Waals surface area (Å²) in [5, 5.41) is 0. The molecular weight excluding hydrogens is 322 g/mol. The van der Waals surface area contributed by atoms with E-state index in [1.165, 1.54) is 0 Å². The Kier molecular flexibility index (Phi) is 6.30. The molecule has 138 valence electrons. The molecule has 0 saturated carbocycles. The molecule has 4 nitrogen and oxygen atoms in total. The fourth-order valence-corrected chi connectivity index (χ4v) is 2.60. The highest BCUT2D eigenvalue weighted by Gasteiger charge is 2.53. The van der Waals surface area contributed by atoms with Crippen LogP contribution in [0, 0.1) is 0 Å². The fourth-order valence-electron chi connectivity index (χ4n) is 2.60. The quantitative estimate of drug-likeness (QED) is 0.538. The van der Waals surface area contributed by atoms with E-state index in [2.05, 4.69) is 0 Å². The van der Waals surface area contributed by atoms with Gasteiger partial charge in [0, 0.05) is 6.61 Å². The van der Waals surface area contributed by atoms with Crippen LogP contribution in [-0.2, 0) is 14.0 Å². The minimum absolute atomic E-state index is 0.400. The van der Waals surface area contributed by atoms with Crippen molar-refractivity contribution in [2.24, 2.45) is 0 Å². The average molecular weight is 350 g/mol. The van der Waals surface area contributed by atoms with Gasteiger partial charge in [-0.25, -0.2) is 4.39 Å². The van der Waals surface area contributed by atoms with Crippen molar-refractivity contribution in [2.45, 2.75) is 52.2 Å². The molecule has 0 aromatic heterocycles. The van der Waals surface area contributed by atoms with Crippen LogP contribution in [0.1, 0.15) is 46.6 Å². The highest BCUT2D eigenvalue weighted by molar-refractivity contribution is 6.55. The van der Waals surface area contributed by atoms with Crippen molar-refractivity contribution in [1.29, 1.82) is 0 Å². The third-order valence-corrected chi connectivity index (χ3v) is 4.89. The van der Waals surface area contributed by atoms with Crippen LogP contribution in [-0.4, -0.2) is 38.6 Å². The number of hydrogen-bond donors (Lipinski definition) is 0. The fraction of sp³-hybridized carbons (Fsp3) is 0.579. The molecule has 1 aromatic rings. The zero-order valence-corrected chi connectivity index (χ0v) is 16.0. The van der Waals surface area contributed by atoms with E-state index in [4.69, 9.17) is 18.8 Å². The van der Waals surface area contributed by atoms with Gasteiger partial charge in [-0.05, 0) is 64.3 Å². The molecule has 0 bridgehead atoms. The molecule has 1 saturated heterocycles. The lowest BCUT2D eigenvalue weighted by atomic mass is 9.82. The summed E-state index contributed by atoms with van der Waals surface area (Å²) >= 11 is 0. The maximum absolute atomic E-state index is 15.3. The standard InChI is InChI=1S/C19H28BFO4/c1-7-23-13-12-16(14-8-10-15(22-6)11-9-14)17(21)20-24-18(2,3)19(4,5)25-20/h8-11H,7,12-13H2,1-6H3. The van der Waals surface area contributed by atoms with E-state index < -0.39 is 24.0 Å². The van der Waals surface area contributed by atoms with Crippen LogP contribution in [0.25, 0.3) is 5.57 Å². The van der Waals surface area contributed by atoms with Gasteiger partial charge < -0.3 is 18.8 Å². The molecule has 6 heteroatoms. The number of halogens is 1. The third-order valence-electron chi connectivity index (χ3n) is 4.89. The maximum Gasteiger partial charge on any atom is 0.525 e. The molecule has 2 rings (SSSR count). The van der Waals surface area contributed by atoms with Gasteiger partial charge in [0.15, 0.2) is 0 Å². The van der Waals surface area contributed by atoms with Gasteiger partial charge in [0.2, 0.25) is 0 Å². The van der Waals surface area contributed by atoms with Crippen molar-refractivity contribution in [3.63, 3.8) is 0 Å². The number of hydrogen-bond acceptors (Lipinski definition) is 4. The minimum atomic E-state index is -1.01. The van der Waals surface area contributed by atoms with E-state index in [1.54, 1.807) is 7.11 Å². The first-order valence-electron chi connectivity index (χ1n) is 8.68. The van der Waals surface area contributed by atoms with Gasteiger partial charge in [-0.15, -0.1) is 0 Å². The van der Waals surface area contributed by atoms with E-state index in [0.717, 1.165) is 11.3 Å². The van der Waals surface area contributed by atoms with Crippen LogP contribution < -0.4 is 4.74 Å². The molecule has 1 aromatic carbocycles. The lowest BCUT2D eigenvalue weighted by Crippen LogP contribution is -2.41. The van der Waals surface area contributed by atoms with Gasteiger partial charge in [0.05, 0.1) is 24.9 Å². The molecule has 0 aliphatic carbocycles. The van der Waals surface area contributed by atoms with Crippen molar-refractivity contribution in [3.8, 4) is 5.75 Å². The van der Waals surface area contributed by atoms with Crippen molar-refractivity contribution >= 4 is 12.7 Å². The molecule has 0 radical (unpaired) electrons. The van der Waals surface area contributed by atoms with Gasteiger partial charge in [-0.2, -0.15) is 0 Å². The Labute approximate surface area is 150 Å². The first-order valence-corrected chi connectivity index (χ1v) is 8.68. The van der Waals surface area contributed by atoms with Crippen LogP contribution in [0.3, 0.4) is 0 Å². The van der Waals surface area contributed by atoms with E-state index in [1.807, 2.05) is 58.9 Å². The van der Waals surface area contributed by atoms with Crippen molar-refractivity contribution in [3.05, 3.63) is 35.6 Å². The topological polar surface area (TPSA) is 36.9 Å². The summed E-state index contributed by atoms with van der Waals surface area (Å²) in [7, 11) is 0.593. The highest BCUT2D eigenvalue weighted by atomic mass is 19.1. The maximum atomic E-state index is 15.3. The van der Waals surface area contributed by atoms with Crippen molar-refractivity contribution < 1.29 is 23.2 Å². The Morgan fingerprint density at radius 3 is 2.12 bits per heavy atom. The monoisotopic (exact) mass is 350 g/mol. The largest absolute Gasteiger partial charge is 0.525 e. The first kappa shape index (κ1) is 20.0. The number of rotatable bonds is 7. The Balaban J connectivity index is 2.33. The summed E-state index contributed by atoms with van der Waals surface area (Å²) in [5.74, 6) is 0.726. The smallest absolute Gasteiger partial charge is 0.497 e. The normalized spacial score (nSPS) is 19.7. The molecular formula is C19H28BFO4. The van der Waals surface area contributed by atoms with E-state index in [9.17, 15) is 0 Å². The van der Waals surface area contributed by atoms with Gasteiger partial charge in [-0.1, -0.05) is 12.1 Å². The van der Waals surface area contributed by atoms with Gasteiger partial charge in [0.1, 0.15) is 11.5 Å². The van der Waals surface area contributed by atoms with Gasteiger partial charge >= 0.3 is 7.12 Å². The van der Waals surface area contributed by atoms with E-state index in [0.29, 0.717) is 25.2 Å². The highest BCUT2D eigenvalue weighted by Crippen LogP contribution is 2.40. The van der Waals surface area contributed by atoms with E-state index >= 15 is 4.39 Å². The second-order valence-corrected chi connectivity index (χ2v) is 7.09. The van der Waals surface area contributed by atoms with Crippen LogP contribution in [0.15, 0.2) is 30.0 Å². The lowest BCUT2D eigenvalue weighted by molar-refractivity contribution is 0.00578. The molecule has 0 N–H and O–H groups in total. The van der Waals surface area contributed by atoms with Gasteiger partial charge in [0.25, 0.3) is 0 Å². The Morgan fingerprint density at radius 1 is 1.08 bits per heavy atom. The summed E-state index contributed by atoms with van der Waals surface area (Å²) < 4.78 is 37.6. The SMILES string of the molecule is CCOCCC(=C(F)B1OC(C)(C)C(C)(C)O1)c1ccc(OC)cc1. The van der Waals surface area contributed by atoms with Crippen LogP contribution in [0.2, 0.25) is 0 Å². The summed E-state index contributed by atoms with van der Waals surface area (Å²) in [6.45, 7) is 10.6. The first-order chi connectivity index (χ1) is 11.7. The predicted octanol–water partition coefficient (Wildman–Crippen LogP) is 4.43. The minimum Gasteiger partial charge on any atom is -0.497 e. The number of methoxy groups -OCH3 is 1. The molecule has 25 heavy (non-hydrogen) atoms. The number of ether oxygens (including phenoxy) is 2. The molecule has 1 fully saturated rings. The second-order valence-electron chi connectivity index (χ2n) is 7.09. The molecule has 1 heterocycles. The van der Waals surface area contributed by atoms with Crippen molar-refractivity contribution in [1.82, 2.24) is 0 Å². The lowest BCUT2D eigenvalue weighted by Gasteiger charge is -2.32. The molecule has 0 atom stereocenters. The zero-order chi connectivity index (χ0) is 18.7. The molecule has 0 spiro atoms. The van der Waals surface area contributed by atoms with Gasteiger partial charge in [-0.3, -0.25) is 0 Å². The molecule has 0 unspecified atom stereocenters. The summed E-state index contributed by atoms with van der Waals surface area (Å²) in [6, 6.07) is 7.30. The summed E-state index contributed by atoms with van der Waals surface area (Å²) in [6.07, 6.45) is 0.441. The van der Waals surface area contributed by atoms with Crippen LogP contribution in [0.4, 0.5) is 4.39 Å². The average Bonchev–Trinajstić information content (AvgIpc) is 2.79. The zero-order valence-electron chi connectivity index (χ0n) is 16.0. The van der Waals surface area contributed by atoms with Crippen LogP contribution in [0.5, 0.6) is 5.75 Å².